The van der Waals surface area contributed by atoms with Gasteiger partial charge in [-0.2, -0.15) is 0 Å². The van der Waals surface area contributed by atoms with Crippen LogP contribution in [0, 0.1) is 0 Å². The minimum absolute atomic E-state index is 0.741. The van der Waals surface area contributed by atoms with Crippen molar-refractivity contribution >= 4 is 0 Å². The standard InChI is InChI=1S/C26H42O/c1-3-5-7-9-10-12-22-27-26-20-18-25(19-21-26)24-16-14-23(15-17-24)13-11-8-6-4-2/h13,18-21,24H,3-12,14-17,22H2,1-2H3. The number of ether oxygens (including phenoxy) is 1. The summed E-state index contributed by atoms with van der Waals surface area (Å²) in [5, 5.41) is 0. The van der Waals surface area contributed by atoms with Gasteiger partial charge in [0.05, 0.1) is 6.61 Å². The zero-order valence-corrected chi connectivity index (χ0v) is 18.0. The first-order valence-corrected chi connectivity index (χ1v) is 11.7. The summed E-state index contributed by atoms with van der Waals surface area (Å²) in [6.07, 6.45) is 21.0. The van der Waals surface area contributed by atoms with Crippen LogP contribution in [0.1, 0.15) is 115 Å². The fourth-order valence-corrected chi connectivity index (χ4v) is 4.14. The van der Waals surface area contributed by atoms with Gasteiger partial charge in [0.15, 0.2) is 0 Å². The number of allylic oxidation sites excluding steroid dienone is 2. The molecule has 1 aromatic carbocycles. The Morgan fingerprint density at radius 2 is 1.44 bits per heavy atom. The van der Waals surface area contributed by atoms with Crippen molar-refractivity contribution in [2.45, 2.75) is 110 Å². The number of unbranched alkanes of at least 4 members (excludes halogenated alkanes) is 8. The van der Waals surface area contributed by atoms with Crippen molar-refractivity contribution < 1.29 is 4.74 Å². The first-order chi connectivity index (χ1) is 13.3. The molecule has 1 heteroatoms. The number of hydrogen-bond acceptors (Lipinski definition) is 1. The molecular formula is C26H42O. The van der Waals surface area contributed by atoms with E-state index in [1.807, 2.05) is 0 Å². The fraction of sp³-hybridized carbons (Fsp3) is 0.692. The van der Waals surface area contributed by atoms with Gasteiger partial charge in [-0.1, -0.05) is 82.6 Å². The second-order valence-corrected chi connectivity index (χ2v) is 8.32. The molecule has 0 atom stereocenters. The van der Waals surface area contributed by atoms with E-state index in [1.54, 1.807) is 5.57 Å². The maximum Gasteiger partial charge on any atom is 0.119 e. The molecule has 0 unspecified atom stereocenters. The molecule has 1 aliphatic carbocycles. The van der Waals surface area contributed by atoms with Crippen LogP contribution >= 0.6 is 0 Å². The highest BCUT2D eigenvalue weighted by molar-refractivity contribution is 5.30. The number of hydrogen-bond donors (Lipinski definition) is 0. The molecule has 1 aromatic rings. The number of benzene rings is 1. The third-order valence-corrected chi connectivity index (χ3v) is 5.99. The zero-order valence-electron chi connectivity index (χ0n) is 18.0. The molecule has 1 nitrogen and oxygen atoms in total. The summed E-state index contributed by atoms with van der Waals surface area (Å²) >= 11 is 0. The molecule has 2 rings (SSSR count). The van der Waals surface area contributed by atoms with E-state index in [9.17, 15) is 0 Å². The predicted molar refractivity (Wildman–Crippen MR) is 119 cm³/mol. The Morgan fingerprint density at radius 1 is 0.815 bits per heavy atom. The fourth-order valence-electron chi connectivity index (χ4n) is 4.14. The second-order valence-electron chi connectivity index (χ2n) is 8.32. The first kappa shape index (κ1) is 22.1. The van der Waals surface area contributed by atoms with Crippen LogP contribution in [-0.2, 0) is 0 Å². The van der Waals surface area contributed by atoms with Crippen molar-refractivity contribution in [1.29, 1.82) is 0 Å². The van der Waals surface area contributed by atoms with E-state index < -0.39 is 0 Å². The van der Waals surface area contributed by atoms with Crippen molar-refractivity contribution in [2.75, 3.05) is 6.61 Å². The lowest BCUT2D eigenvalue weighted by Crippen LogP contribution is -2.07. The highest BCUT2D eigenvalue weighted by Crippen LogP contribution is 2.36. The maximum atomic E-state index is 5.93. The van der Waals surface area contributed by atoms with Gasteiger partial charge in [-0.25, -0.2) is 0 Å². The molecule has 0 heterocycles. The van der Waals surface area contributed by atoms with Crippen LogP contribution in [0.25, 0.3) is 0 Å². The molecule has 152 valence electrons. The van der Waals surface area contributed by atoms with Gasteiger partial charge in [-0.05, 0) is 68.6 Å². The van der Waals surface area contributed by atoms with Crippen LogP contribution in [0.5, 0.6) is 5.75 Å². The Morgan fingerprint density at radius 3 is 2.15 bits per heavy atom. The monoisotopic (exact) mass is 370 g/mol. The van der Waals surface area contributed by atoms with Crippen molar-refractivity contribution in [3.8, 4) is 5.75 Å². The van der Waals surface area contributed by atoms with E-state index in [4.69, 9.17) is 4.74 Å². The summed E-state index contributed by atoms with van der Waals surface area (Å²) in [5.41, 5.74) is 3.22. The minimum atomic E-state index is 0.741. The first-order valence-electron chi connectivity index (χ1n) is 11.7. The largest absolute Gasteiger partial charge is 0.494 e. The van der Waals surface area contributed by atoms with Gasteiger partial charge in [-0.3, -0.25) is 0 Å². The molecule has 0 N–H and O–H groups in total. The van der Waals surface area contributed by atoms with Crippen LogP contribution in [0.3, 0.4) is 0 Å². The number of rotatable bonds is 13. The van der Waals surface area contributed by atoms with E-state index in [0.717, 1.165) is 18.3 Å². The highest BCUT2D eigenvalue weighted by atomic mass is 16.5. The van der Waals surface area contributed by atoms with Crippen molar-refractivity contribution in [1.82, 2.24) is 0 Å². The van der Waals surface area contributed by atoms with E-state index in [2.05, 4.69) is 44.2 Å². The third-order valence-electron chi connectivity index (χ3n) is 5.99. The maximum absolute atomic E-state index is 5.93. The topological polar surface area (TPSA) is 9.23 Å². The van der Waals surface area contributed by atoms with Crippen LogP contribution in [0.2, 0.25) is 0 Å². The average molecular weight is 371 g/mol. The lowest BCUT2D eigenvalue weighted by Gasteiger charge is -2.24. The van der Waals surface area contributed by atoms with Crippen LogP contribution in [0.4, 0.5) is 0 Å². The quantitative estimate of drug-likeness (QED) is 0.249. The summed E-state index contributed by atoms with van der Waals surface area (Å²) in [7, 11) is 0. The van der Waals surface area contributed by atoms with Gasteiger partial charge in [-0.15, -0.1) is 0 Å². The van der Waals surface area contributed by atoms with Gasteiger partial charge in [0.25, 0.3) is 0 Å². The SMILES string of the molecule is CCCCCC=C1CCC(c2ccc(OCCCCCCCC)cc2)CC1. The van der Waals surface area contributed by atoms with Gasteiger partial charge >= 0.3 is 0 Å². The molecule has 0 aromatic heterocycles. The minimum Gasteiger partial charge on any atom is -0.494 e. The molecule has 1 saturated carbocycles. The summed E-state index contributed by atoms with van der Waals surface area (Å²) in [5.74, 6) is 1.78. The Hall–Kier alpha value is -1.24. The zero-order chi connectivity index (χ0) is 19.2. The Bertz CT molecular complexity index is 504. The molecule has 1 fully saturated rings. The molecule has 1 aliphatic rings. The summed E-state index contributed by atoms with van der Waals surface area (Å²) in [6, 6.07) is 8.97. The van der Waals surface area contributed by atoms with E-state index in [-0.39, 0.29) is 0 Å². The predicted octanol–water partition coefficient (Wildman–Crippen LogP) is 8.59. The Labute approximate surface area is 168 Å². The van der Waals surface area contributed by atoms with E-state index in [0.29, 0.717) is 0 Å². The molecule has 0 amide bonds. The summed E-state index contributed by atoms with van der Waals surface area (Å²) in [6.45, 7) is 5.41. The highest BCUT2D eigenvalue weighted by Gasteiger charge is 2.18. The Kier molecular flexibility index (Phi) is 11.3. The normalized spacial score (nSPS) is 17.1. The smallest absolute Gasteiger partial charge is 0.119 e. The molecule has 0 bridgehead atoms. The molecule has 0 aliphatic heterocycles. The second kappa shape index (κ2) is 13.9. The van der Waals surface area contributed by atoms with E-state index in [1.165, 1.54) is 95.5 Å². The third kappa shape index (κ3) is 9.00. The van der Waals surface area contributed by atoms with Gasteiger partial charge in [0.1, 0.15) is 5.75 Å². The molecular weight excluding hydrogens is 328 g/mol. The molecule has 0 radical (unpaired) electrons. The van der Waals surface area contributed by atoms with Gasteiger partial charge in [0.2, 0.25) is 0 Å². The lowest BCUT2D eigenvalue weighted by molar-refractivity contribution is 0.304. The molecule has 0 spiro atoms. The van der Waals surface area contributed by atoms with Gasteiger partial charge < -0.3 is 4.74 Å². The van der Waals surface area contributed by atoms with Crippen LogP contribution in [-0.4, -0.2) is 6.61 Å². The molecule has 27 heavy (non-hydrogen) atoms. The molecule has 0 saturated heterocycles. The lowest BCUT2D eigenvalue weighted by atomic mass is 9.81. The van der Waals surface area contributed by atoms with Crippen LogP contribution < -0.4 is 4.74 Å². The van der Waals surface area contributed by atoms with Crippen molar-refractivity contribution in [2.24, 2.45) is 0 Å². The van der Waals surface area contributed by atoms with Crippen molar-refractivity contribution in [3.05, 3.63) is 41.5 Å². The average Bonchev–Trinajstić information content (AvgIpc) is 2.71. The summed E-state index contributed by atoms with van der Waals surface area (Å²) in [4.78, 5) is 0. The van der Waals surface area contributed by atoms with Crippen LogP contribution in [0.15, 0.2) is 35.9 Å². The van der Waals surface area contributed by atoms with E-state index >= 15 is 0 Å². The summed E-state index contributed by atoms with van der Waals surface area (Å²) < 4.78 is 5.93. The Balaban J connectivity index is 1.64. The van der Waals surface area contributed by atoms with Gasteiger partial charge in [0, 0.05) is 0 Å². The van der Waals surface area contributed by atoms with Crippen molar-refractivity contribution in [3.63, 3.8) is 0 Å².